The van der Waals surface area contributed by atoms with Crippen molar-refractivity contribution in [3.05, 3.63) is 0 Å². The molecule has 1 aliphatic rings. The summed E-state index contributed by atoms with van der Waals surface area (Å²) >= 11 is 0. The van der Waals surface area contributed by atoms with Gasteiger partial charge in [0.05, 0.1) is 6.10 Å². The molecule has 0 bridgehead atoms. The standard InChI is InChI=1S/C13H20O7/c1-4-10(18-7(2)14)11-5-9(6-12(16)17)13(20-11)19-8(3)15/h9-11,13H,4-6H2,1-3H3,(H,16,17)/p-1/t9-,10?,11+,13?/m1/s1. The molecule has 0 aromatic heterocycles. The van der Waals surface area contributed by atoms with Gasteiger partial charge in [-0.05, 0) is 19.3 Å². The Morgan fingerprint density at radius 3 is 2.40 bits per heavy atom. The molecule has 20 heavy (non-hydrogen) atoms. The molecule has 0 aromatic rings. The Hall–Kier alpha value is -1.63. The SMILES string of the molecule is CCC(OC(C)=O)[C@@H]1C[C@H](CC(=O)[O-])C(OC(C)=O)O1. The minimum atomic E-state index is -1.24. The largest absolute Gasteiger partial charge is 0.550 e. The number of aliphatic carboxylic acids is 1. The minimum absolute atomic E-state index is 0.273. The van der Waals surface area contributed by atoms with Gasteiger partial charge in [0, 0.05) is 25.7 Å². The van der Waals surface area contributed by atoms with Gasteiger partial charge in [0.1, 0.15) is 6.10 Å². The molecule has 1 heterocycles. The van der Waals surface area contributed by atoms with Crippen molar-refractivity contribution in [2.45, 2.75) is 58.5 Å². The van der Waals surface area contributed by atoms with Crippen LogP contribution in [0.5, 0.6) is 0 Å². The van der Waals surface area contributed by atoms with Gasteiger partial charge < -0.3 is 24.1 Å². The van der Waals surface area contributed by atoms with Gasteiger partial charge >= 0.3 is 11.9 Å². The second kappa shape index (κ2) is 7.23. The summed E-state index contributed by atoms with van der Waals surface area (Å²) in [5.41, 5.74) is 0. The first-order valence-corrected chi connectivity index (χ1v) is 6.53. The smallest absolute Gasteiger partial charge is 0.304 e. The molecule has 0 saturated carbocycles. The van der Waals surface area contributed by atoms with E-state index in [0.717, 1.165) is 0 Å². The number of carboxylic acid groups (broad SMARTS) is 1. The summed E-state index contributed by atoms with van der Waals surface area (Å²) in [6.07, 6.45) is -1.34. The highest BCUT2D eigenvalue weighted by atomic mass is 16.7. The Morgan fingerprint density at radius 1 is 1.30 bits per heavy atom. The van der Waals surface area contributed by atoms with Crippen molar-refractivity contribution in [2.24, 2.45) is 5.92 Å². The van der Waals surface area contributed by atoms with E-state index in [0.29, 0.717) is 12.8 Å². The molecule has 0 aliphatic carbocycles. The van der Waals surface area contributed by atoms with Gasteiger partial charge in [-0.15, -0.1) is 0 Å². The number of esters is 2. The first-order valence-electron chi connectivity index (χ1n) is 6.53. The maximum Gasteiger partial charge on any atom is 0.304 e. The van der Waals surface area contributed by atoms with Gasteiger partial charge in [-0.1, -0.05) is 6.92 Å². The van der Waals surface area contributed by atoms with E-state index < -0.39 is 42.3 Å². The predicted octanol–water partition coefficient (Wildman–Crippen LogP) is -0.238. The zero-order valence-corrected chi connectivity index (χ0v) is 11.8. The second-order valence-electron chi connectivity index (χ2n) is 4.78. The lowest BCUT2D eigenvalue weighted by Crippen LogP contribution is -2.31. The molecule has 0 aromatic carbocycles. The Labute approximate surface area is 117 Å². The van der Waals surface area contributed by atoms with Gasteiger partial charge in [0.25, 0.3) is 0 Å². The van der Waals surface area contributed by atoms with Crippen molar-refractivity contribution in [2.75, 3.05) is 0 Å². The van der Waals surface area contributed by atoms with Crippen molar-refractivity contribution in [1.29, 1.82) is 0 Å². The van der Waals surface area contributed by atoms with Gasteiger partial charge in [-0.3, -0.25) is 9.59 Å². The molecule has 1 saturated heterocycles. The number of hydrogen-bond donors (Lipinski definition) is 0. The minimum Gasteiger partial charge on any atom is -0.550 e. The molecule has 114 valence electrons. The van der Waals surface area contributed by atoms with Gasteiger partial charge in [0.2, 0.25) is 6.29 Å². The predicted molar refractivity (Wildman–Crippen MR) is 64.0 cm³/mol. The van der Waals surface area contributed by atoms with Gasteiger partial charge in [-0.2, -0.15) is 0 Å². The normalized spacial score (nSPS) is 26.9. The number of carbonyl (C=O) groups is 3. The summed E-state index contributed by atoms with van der Waals surface area (Å²) in [5, 5.41) is 10.7. The van der Waals surface area contributed by atoms with Crippen molar-refractivity contribution in [3.63, 3.8) is 0 Å². The second-order valence-corrected chi connectivity index (χ2v) is 4.78. The molecule has 0 spiro atoms. The lowest BCUT2D eigenvalue weighted by atomic mass is 9.97. The summed E-state index contributed by atoms with van der Waals surface area (Å²) in [6.45, 7) is 4.33. The van der Waals surface area contributed by atoms with Crippen molar-refractivity contribution in [1.82, 2.24) is 0 Å². The summed E-state index contributed by atoms with van der Waals surface area (Å²) in [4.78, 5) is 32.7. The Kier molecular flexibility index (Phi) is 5.94. The van der Waals surface area contributed by atoms with Crippen LogP contribution in [0.4, 0.5) is 0 Å². The highest BCUT2D eigenvalue weighted by Gasteiger charge is 2.41. The van der Waals surface area contributed by atoms with Crippen molar-refractivity contribution < 1.29 is 33.7 Å². The van der Waals surface area contributed by atoms with Crippen LogP contribution in [0.3, 0.4) is 0 Å². The van der Waals surface area contributed by atoms with Crippen molar-refractivity contribution >= 4 is 17.9 Å². The fourth-order valence-electron chi connectivity index (χ4n) is 2.30. The molecule has 0 radical (unpaired) electrons. The fourth-order valence-corrected chi connectivity index (χ4v) is 2.30. The van der Waals surface area contributed by atoms with E-state index >= 15 is 0 Å². The van der Waals surface area contributed by atoms with E-state index in [2.05, 4.69) is 0 Å². The third-order valence-electron chi connectivity index (χ3n) is 3.07. The number of hydrogen-bond acceptors (Lipinski definition) is 7. The Bertz CT molecular complexity index is 355. The monoisotopic (exact) mass is 287 g/mol. The number of ether oxygens (including phenoxy) is 3. The van der Waals surface area contributed by atoms with Crippen LogP contribution in [-0.2, 0) is 28.6 Å². The van der Waals surface area contributed by atoms with Crippen LogP contribution in [-0.4, -0.2) is 36.4 Å². The van der Waals surface area contributed by atoms with E-state index in [4.69, 9.17) is 14.2 Å². The molecular weight excluding hydrogens is 268 g/mol. The number of carbonyl (C=O) groups excluding carboxylic acids is 3. The molecule has 1 aliphatic heterocycles. The first-order chi connectivity index (χ1) is 9.33. The zero-order valence-electron chi connectivity index (χ0n) is 11.8. The maximum atomic E-state index is 11.0. The third-order valence-corrected chi connectivity index (χ3v) is 3.07. The molecule has 1 fully saturated rings. The molecule has 7 nitrogen and oxygen atoms in total. The Balaban J connectivity index is 2.73. The van der Waals surface area contributed by atoms with Crippen LogP contribution in [0.2, 0.25) is 0 Å². The summed E-state index contributed by atoms with van der Waals surface area (Å²) in [6, 6.07) is 0. The fraction of sp³-hybridized carbons (Fsp3) is 0.769. The number of rotatable bonds is 6. The summed E-state index contributed by atoms with van der Waals surface area (Å²) in [5.74, 6) is -2.73. The van der Waals surface area contributed by atoms with Crippen LogP contribution in [0.25, 0.3) is 0 Å². The highest BCUT2D eigenvalue weighted by Crippen LogP contribution is 2.33. The number of carboxylic acids is 1. The van der Waals surface area contributed by atoms with E-state index in [1.165, 1.54) is 13.8 Å². The van der Waals surface area contributed by atoms with Crippen LogP contribution in [0.1, 0.15) is 40.0 Å². The van der Waals surface area contributed by atoms with E-state index in [1.807, 2.05) is 6.92 Å². The molecule has 0 N–H and O–H groups in total. The molecule has 1 rings (SSSR count). The highest BCUT2D eigenvalue weighted by molar-refractivity contribution is 5.67. The van der Waals surface area contributed by atoms with E-state index in [-0.39, 0.29) is 6.42 Å². The maximum absolute atomic E-state index is 11.0. The molecule has 2 unspecified atom stereocenters. The van der Waals surface area contributed by atoms with Crippen LogP contribution < -0.4 is 5.11 Å². The summed E-state index contributed by atoms with van der Waals surface area (Å²) in [7, 11) is 0. The van der Waals surface area contributed by atoms with Crippen LogP contribution in [0, 0.1) is 5.92 Å². The average Bonchev–Trinajstić information content (AvgIpc) is 2.67. The molecule has 7 heteroatoms. The van der Waals surface area contributed by atoms with Crippen LogP contribution in [0.15, 0.2) is 0 Å². The lowest BCUT2D eigenvalue weighted by Gasteiger charge is -2.22. The third kappa shape index (κ3) is 4.80. The quantitative estimate of drug-likeness (QED) is 0.621. The molecule has 4 atom stereocenters. The lowest BCUT2D eigenvalue weighted by molar-refractivity contribution is -0.308. The first kappa shape index (κ1) is 16.4. The van der Waals surface area contributed by atoms with Gasteiger partial charge in [0.15, 0.2) is 0 Å². The van der Waals surface area contributed by atoms with Gasteiger partial charge in [-0.25, -0.2) is 0 Å². The molecular formula is C13H19O7-. The summed E-state index contributed by atoms with van der Waals surface area (Å²) < 4.78 is 15.6. The average molecular weight is 287 g/mol. The molecule has 0 amide bonds. The zero-order chi connectivity index (χ0) is 15.3. The van der Waals surface area contributed by atoms with E-state index in [9.17, 15) is 19.5 Å². The van der Waals surface area contributed by atoms with Crippen LogP contribution >= 0.6 is 0 Å². The topological polar surface area (TPSA) is 102 Å². The Morgan fingerprint density at radius 2 is 1.95 bits per heavy atom. The van der Waals surface area contributed by atoms with E-state index in [1.54, 1.807) is 0 Å². The van der Waals surface area contributed by atoms with Crippen molar-refractivity contribution in [3.8, 4) is 0 Å².